The Hall–Kier alpha value is -6.14. The SMILES string of the molecule is CCOc1cc(Nc2ccc(C)cc2S(=O)(=O)[O-])ccc1/C(=C1\C=CC(C[NH3+])(C[NH3+])C(S(=O)(=O)[O-])=C1)c1ccc(N(C)C)c(S(=O)(=O)[O-])c1.CCOc1cc(Nc2ccc(C)cc2S(=O)(=O)[O-])ccc1/C(=C1\C=CC(C[NH3+])(C[NH3+])C(S(=O)(=O)[O-])=C1)c1ccc(N(C)C)c(S(=O)(=O)[O-])c1.[Na+].[Na+]. The van der Waals surface area contributed by atoms with Crippen molar-refractivity contribution in [3.05, 3.63) is 200 Å². The molecule has 0 fully saturated rings. The van der Waals surface area contributed by atoms with E-state index in [2.05, 4.69) is 33.6 Å². The zero-order valence-corrected chi connectivity index (χ0v) is 65.3. The molecule has 528 valence electrons. The number of hydrogen-bond acceptors (Lipinski definition) is 24. The Labute approximate surface area is 627 Å². The van der Waals surface area contributed by atoms with E-state index in [0.717, 1.165) is 12.1 Å². The number of aryl methyl sites for hydroxylation is 2. The minimum atomic E-state index is -5.04. The summed E-state index contributed by atoms with van der Waals surface area (Å²) in [5.74, 6) is 0.354. The molecule has 14 N–H and O–H groups in total. The van der Waals surface area contributed by atoms with E-state index in [-0.39, 0.29) is 166 Å². The summed E-state index contributed by atoms with van der Waals surface area (Å²) in [6.07, 6.45) is 8.57. The fourth-order valence-electron chi connectivity index (χ4n) is 11.1. The number of hydrogen-bond donors (Lipinski definition) is 6. The van der Waals surface area contributed by atoms with Crippen molar-refractivity contribution in [1.29, 1.82) is 0 Å². The Bertz CT molecular complexity index is 4740. The first-order valence-corrected chi connectivity index (χ1v) is 38.1. The van der Waals surface area contributed by atoms with Gasteiger partial charge in [0.25, 0.3) is 0 Å². The van der Waals surface area contributed by atoms with Crippen LogP contribution in [0, 0.1) is 24.7 Å². The largest absolute Gasteiger partial charge is 1.00 e. The van der Waals surface area contributed by atoms with Gasteiger partial charge >= 0.3 is 59.1 Å². The first-order chi connectivity index (χ1) is 45.5. The number of allylic oxidation sites excluding steroid dienone is 6. The van der Waals surface area contributed by atoms with Crippen LogP contribution in [0.25, 0.3) is 11.1 Å². The second kappa shape index (κ2) is 33.1. The van der Waals surface area contributed by atoms with Gasteiger partial charge in [-0.1, -0.05) is 48.6 Å². The van der Waals surface area contributed by atoms with Crippen LogP contribution >= 0.6 is 0 Å². The number of ether oxygens (including phenoxy) is 2. The third-order valence-corrected chi connectivity index (χ3v) is 21.7. The maximum atomic E-state index is 12.6. The van der Waals surface area contributed by atoms with Crippen LogP contribution in [0.3, 0.4) is 0 Å². The molecular weight excluding hydrogens is 1440 g/mol. The smallest absolute Gasteiger partial charge is 0.744 e. The van der Waals surface area contributed by atoms with Crippen LogP contribution in [0.1, 0.15) is 47.2 Å². The first-order valence-electron chi connectivity index (χ1n) is 29.7. The normalized spacial score (nSPS) is 15.5. The molecule has 0 bridgehead atoms. The summed E-state index contributed by atoms with van der Waals surface area (Å²) in [5, 5.41) is 5.86. The molecule has 0 atom stereocenters. The molecule has 2 aliphatic carbocycles. The van der Waals surface area contributed by atoms with Gasteiger partial charge in [-0.25, -0.2) is 50.5 Å². The topological polar surface area (TPSA) is 503 Å². The fraction of sp³-hybridized carbons (Fsp3) is 0.250. The molecule has 100 heavy (non-hydrogen) atoms. The van der Waals surface area contributed by atoms with E-state index < -0.39 is 101 Å². The molecule has 28 nitrogen and oxygen atoms in total. The summed E-state index contributed by atoms with van der Waals surface area (Å²) >= 11 is 0. The van der Waals surface area contributed by atoms with E-state index in [1.54, 1.807) is 104 Å². The van der Waals surface area contributed by atoms with Gasteiger partial charge in [0, 0.05) is 62.8 Å². The molecule has 2 aliphatic rings. The van der Waals surface area contributed by atoms with Crippen molar-refractivity contribution in [3.8, 4) is 11.5 Å². The molecule has 0 unspecified atom stereocenters. The number of quaternary nitrogens is 4. The predicted octanol–water partition coefficient (Wildman–Crippen LogP) is -3.43. The second-order valence-corrected chi connectivity index (χ2v) is 31.2. The summed E-state index contributed by atoms with van der Waals surface area (Å²) in [6.45, 7) is 6.95. The molecule has 0 aromatic heterocycles. The summed E-state index contributed by atoms with van der Waals surface area (Å²) in [4.78, 5) is -0.0729. The molecule has 0 saturated carbocycles. The van der Waals surface area contributed by atoms with E-state index in [1.807, 2.05) is 0 Å². The molecular formula is C64H74N8Na2O20S6. The summed E-state index contributed by atoms with van der Waals surface area (Å²) < 4.78 is 234. The van der Waals surface area contributed by atoms with Crippen molar-refractivity contribution in [2.45, 2.75) is 47.3 Å². The number of nitrogens with one attached hydrogen (secondary N) is 2. The van der Waals surface area contributed by atoms with Crippen LogP contribution in [0.5, 0.6) is 11.5 Å². The van der Waals surface area contributed by atoms with Crippen molar-refractivity contribution in [1.82, 2.24) is 0 Å². The Balaban J connectivity index is 0.000000353. The average molecular weight is 1510 g/mol. The molecule has 0 radical (unpaired) electrons. The zero-order chi connectivity index (χ0) is 73.1. The van der Waals surface area contributed by atoms with Gasteiger partial charge < -0.3 is 80.2 Å². The fourth-order valence-corrected chi connectivity index (χ4v) is 16.2. The number of nitrogens with zero attached hydrogens (tertiary/aromatic N) is 2. The molecule has 36 heteroatoms. The quantitative estimate of drug-likeness (QED) is 0.0254. The Kier molecular flexibility index (Phi) is 28.0. The van der Waals surface area contributed by atoms with Crippen molar-refractivity contribution in [2.24, 2.45) is 10.8 Å². The Morgan fingerprint density at radius 1 is 0.430 bits per heavy atom. The van der Waals surface area contributed by atoms with Crippen molar-refractivity contribution in [3.63, 3.8) is 0 Å². The van der Waals surface area contributed by atoms with Crippen LogP contribution in [0.15, 0.2) is 186 Å². The van der Waals surface area contributed by atoms with E-state index in [1.165, 1.54) is 94.8 Å². The molecule has 6 aromatic rings. The van der Waals surface area contributed by atoms with Gasteiger partial charge in [0.15, 0.2) is 0 Å². The summed E-state index contributed by atoms with van der Waals surface area (Å²) in [5.41, 5.74) is 16.5. The Morgan fingerprint density at radius 2 is 0.750 bits per heavy atom. The van der Waals surface area contributed by atoms with Gasteiger partial charge in [-0.15, -0.1) is 0 Å². The maximum Gasteiger partial charge on any atom is 1.00 e. The summed E-state index contributed by atoms with van der Waals surface area (Å²) in [7, 11) is -23.6. The first kappa shape index (κ1) is 84.5. The molecule has 0 amide bonds. The van der Waals surface area contributed by atoms with Gasteiger partial charge in [0.2, 0.25) is 0 Å². The van der Waals surface area contributed by atoms with Crippen LogP contribution in [0.2, 0.25) is 0 Å². The van der Waals surface area contributed by atoms with E-state index in [9.17, 15) is 77.8 Å². The van der Waals surface area contributed by atoms with Crippen LogP contribution in [-0.4, -0.2) is 145 Å². The van der Waals surface area contributed by atoms with Crippen molar-refractivity contribution < 1.29 is 169 Å². The van der Waals surface area contributed by atoms with Crippen molar-refractivity contribution in [2.75, 3.05) is 88.0 Å². The molecule has 6 aromatic carbocycles. The van der Waals surface area contributed by atoms with Crippen molar-refractivity contribution >= 4 is 106 Å². The minimum absolute atomic E-state index is 0. The monoisotopic (exact) mass is 1510 g/mol. The molecule has 0 spiro atoms. The van der Waals surface area contributed by atoms with Gasteiger partial charge in [0.1, 0.15) is 83.0 Å². The average Bonchev–Trinajstić information content (AvgIpc) is 0.755. The third-order valence-electron chi connectivity index (χ3n) is 16.1. The number of rotatable bonds is 24. The van der Waals surface area contributed by atoms with E-state index in [0.29, 0.717) is 33.6 Å². The van der Waals surface area contributed by atoms with Crippen LogP contribution < -0.4 is 112 Å². The molecule has 0 aliphatic heterocycles. The summed E-state index contributed by atoms with van der Waals surface area (Å²) in [6, 6.07) is 26.1. The number of benzene rings is 6. The third kappa shape index (κ3) is 19.4. The van der Waals surface area contributed by atoms with Gasteiger partial charge in [0.05, 0.1) is 91.5 Å². The predicted molar refractivity (Wildman–Crippen MR) is 359 cm³/mol. The Morgan fingerprint density at radius 3 is 1.02 bits per heavy atom. The second-order valence-electron chi connectivity index (χ2n) is 23.1. The molecule has 8 rings (SSSR count). The standard InChI is InChI=1S/2C32H38N4O10S3.2Na/c2*1-5-46-27-17-23(35-25-10-6-20(2)14-28(25)47(37,38)39)8-9-24(27)31(21-7-11-26(36(3)4)29(15-21)48(40,41)42)22-12-13-32(18-33,19-34)30(16-22)49(43,44)45;;/h2*6-17,35H,5,18-19,33-34H2,1-4H3,(H,37,38,39)(H,40,41,42)(H,43,44,45);;/q;;2*+1/p-2/b2*31-22+;;. The zero-order valence-electron chi connectivity index (χ0n) is 56.4. The van der Waals surface area contributed by atoms with E-state index >= 15 is 0 Å². The van der Waals surface area contributed by atoms with Crippen LogP contribution in [-0.2, 0) is 60.7 Å². The number of anilines is 6. The van der Waals surface area contributed by atoms with Gasteiger partial charge in [-0.05, 0) is 157 Å². The molecule has 0 saturated heterocycles. The van der Waals surface area contributed by atoms with Gasteiger partial charge in [-0.2, -0.15) is 0 Å². The van der Waals surface area contributed by atoms with E-state index in [4.69, 9.17) is 9.47 Å². The minimum Gasteiger partial charge on any atom is -0.744 e. The maximum absolute atomic E-state index is 12.6. The van der Waals surface area contributed by atoms with Gasteiger partial charge in [-0.3, -0.25) is 0 Å². The van der Waals surface area contributed by atoms with Crippen LogP contribution in [0.4, 0.5) is 34.1 Å². The molecule has 0 heterocycles.